The van der Waals surface area contributed by atoms with Gasteiger partial charge in [-0.1, -0.05) is 36.5 Å². The van der Waals surface area contributed by atoms with E-state index in [1.807, 2.05) is 6.92 Å². The van der Waals surface area contributed by atoms with Crippen molar-refractivity contribution in [2.45, 2.75) is 32.7 Å². The number of aliphatic hydroxyl groups is 1. The third kappa shape index (κ3) is 4.60. The second-order valence-corrected chi connectivity index (χ2v) is 5.46. The Morgan fingerprint density at radius 2 is 2.05 bits per heavy atom. The van der Waals surface area contributed by atoms with Gasteiger partial charge in [-0.25, -0.2) is 4.39 Å². The van der Waals surface area contributed by atoms with E-state index in [-0.39, 0.29) is 17.7 Å². The summed E-state index contributed by atoms with van der Waals surface area (Å²) in [5.74, 6) is -0.0734. The molecule has 0 bridgehead atoms. The van der Waals surface area contributed by atoms with Gasteiger partial charge in [0, 0.05) is 23.2 Å². The van der Waals surface area contributed by atoms with Gasteiger partial charge in [0.1, 0.15) is 5.82 Å². The van der Waals surface area contributed by atoms with Gasteiger partial charge >= 0.3 is 0 Å². The Morgan fingerprint density at radius 3 is 2.63 bits per heavy atom. The van der Waals surface area contributed by atoms with Crippen molar-refractivity contribution >= 4 is 23.2 Å². The molecule has 2 atom stereocenters. The fraction of sp³-hybridized carbons (Fsp3) is 0.571. The molecule has 5 heteroatoms. The first-order valence-corrected chi connectivity index (χ1v) is 7.24. The zero-order chi connectivity index (χ0) is 14.4. The van der Waals surface area contributed by atoms with Crippen LogP contribution in [0.1, 0.15) is 38.3 Å². The first-order valence-electron chi connectivity index (χ1n) is 6.48. The third-order valence-corrected chi connectivity index (χ3v) is 4.05. The number of rotatable bonds is 7. The average Bonchev–Trinajstić information content (AvgIpc) is 2.39. The SMILES string of the molecule is CCC(CCO)CNC(C)c1c(Cl)ccc(F)c1Cl. The minimum atomic E-state index is -0.461. The molecule has 0 saturated heterocycles. The van der Waals surface area contributed by atoms with Gasteiger partial charge in [0.05, 0.1) is 5.02 Å². The quantitative estimate of drug-likeness (QED) is 0.740. The van der Waals surface area contributed by atoms with Crippen molar-refractivity contribution in [1.82, 2.24) is 5.32 Å². The fourth-order valence-corrected chi connectivity index (χ4v) is 2.72. The van der Waals surface area contributed by atoms with Gasteiger partial charge in [-0.2, -0.15) is 0 Å². The molecule has 0 aliphatic heterocycles. The average molecular weight is 308 g/mol. The van der Waals surface area contributed by atoms with E-state index in [1.54, 1.807) is 0 Å². The molecule has 2 nitrogen and oxygen atoms in total. The normalized spacial score (nSPS) is 14.4. The second-order valence-electron chi connectivity index (χ2n) is 4.67. The van der Waals surface area contributed by atoms with E-state index < -0.39 is 5.82 Å². The molecule has 0 fully saturated rings. The first kappa shape index (κ1) is 16.7. The zero-order valence-electron chi connectivity index (χ0n) is 11.2. The lowest BCUT2D eigenvalue weighted by Gasteiger charge is -2.21. The highest BCUT2D eigenvalue weighted by Crippen LogP contribution is 2.32. The van der Waals surface area contributed by atoms with Crippen LogP contribution in [-0.2, 0) is 0 Å². The van der Waals surface area contributed by atoms with Crippen molar-refractivity contribution in [2.24, 2.45) is 5.92 Å². The van der Waals surface area contributed by atoms with Gasteiger partial charge < -0.3 is 10.4 Å². The molecule has 1 aromatic carbocycles. The molecular weight excluding hydrogens is 288 g/mol. The Labute approximate surface area is 123 Å². The van der Waals surface area contributed by atoms with Gasteiger partial charge in [0.2, 0.25) is 0 Å². The lowest BCUT2D eigenvalue weighted by atomic mass is 10.0. The number of nitrogens with one attached hydrogen (secondary N) is 1. The zero-order valence-corrected chi connectivity index (χ0v) is 12.7. The predicted molar refractivity (Wildman–Crippen MR) is 78.3 cm³/mol. The summed E-state index contributed by atoms with van der Waals surface area (Å²) in [6.45, 7) is 4.89. The van der Waals surface area contributed by atoms with Crippen LogP contribution in [-0.4, -0.2) is 18.3 Å². The van der Waals surface area contributed by atoms with E-state index in [9.17, 15) is 4.39 Å². The van der Waals surface area contributed by atoms with Gasteiger partial charge in [-0.15, -0.1) is 0 Å². The van der Waals surface area contributed by atoms with Crippen LogP contribution in [0.3, 0.4) is 0 Å². The molecule has 0 aromatic heterocycles. The number of benzene rings is 1. The number of hydrogen-bond donors (Lipinski definition) is 2. The molecule has 2 unspecified atom stereocenters. The van der Waals surface area contributed by atoms with Crippen LogP contribution < -0.4 is 5.32 Å². The Balaban J connectivity index is 2.73. The smallest absolute Gasteiger partial charge is 0.142 e. The van der Waals surface area contributed by atoms with Gasteiger partial charge in [-0.05, 0) is 37.9 Å². The van der Waals surface area contributed by atoms with Crippen molar-refractivity contribution in [1.29, 1.82) is 0 Å². The van der Waals surface area contributed by atoms with Crippen LogP contribution in [0.15, 0.2) is 12.1 Å². The summed E-state index contributed by atoms with van der Waals surface area (Å²) in [5, 5.41) is 12.8. The molecule has 0 radical (unpaired) electrons. The van der Waals surface area contributed by atoms with Gasteiger partial charge in [0.15, 0.2) is 0 Å². The van der Waals surface area contributed by atoms with Crippen molar-refractivity contribution in [3.63, 3.8) is 0 Å². The highest BCUT2D eigenvalue weighted by atomic mass is 35.5. The Morgan fingerprint density at radius 1 is 1.37 bits per heavy atom. The molecule has 0 spiro atoms. The van der Waals surface area contributed by atoms with Crippen LogP contribution in [0.4, 0.5) is 4.39 Å². The maximum atomic E-state index is 13.5. The van der Waals surface area contributed by atoms with Crippen molar-refractivity contribution in [3.05, 3.63) is 33.6 Å². The van der Waals surface area contributed by atoms with Gasteiger partial charge in [0.25, 0.3) is 0 Å². The Bertz CT molecular complexity index is 415. The third-order valence-electron chi connectivity index (χ3n) is 3.34. The standard InChI is InChI=1S/C14H20Cl2FNO/c1-3-10(6-7-19)8-18-9(2)13-11(15)4-5-12(17)14(13)16/h4-5,9-10,18-19H,3,6-8H2,1-2H3. The molecule has 0 amide bonds. The summed E-state index contributed by atoms with van der Waals surface area (Å²) >= 11 is 12.0. The number of halogens is 3. The molecule has 0 heterocycles. The lowest BCUT2D eigenvalue weighted by Crippen LogP contribution is -2.26. The fourth-order valence-electron chi connectivity index (χ4n) is 2.02. The molecule has 0 aliphatic carbocycles. The van der Waals surface area contributed by atoms with Crippen molar-refractivity contribution < 1.29 is 9.50 Å². The minimum Gasteiger partial charge on any atom is -0.396 e. The van der Waals surface area contributed by atoms with E-state index in [2.05, 4.69) is 12.2 Å². The highest BCUT2D eigenvalue weighted by Gasteiger charge is 2.17. The van der Waals surface area contributed by atoms with Crippen LogP contribution in [0.5, 0.6) is 0 Å². The van der Waals surface area contributed by atoms with Crippen LogP contribution in [0.25, 0.3) is 0 Å². The largest absolute Gasteiger partial charge is 0.396 e. The molecule has 0 saturated carbocycles. The highest BCUT2D eigenvalue weighted by molar-refractivity contribution is 6.36. The van der Waals surface area contributed by atoms with E-state index in [1.165, 1.54) is 12.1 Å². The molecule has 19 heavy (non-hydrogen) atoms. The van der Waals surface area contributed by atoms with E-state index >= 15 is 0 Å². The Hall–Kier alpha value is -0.350. The first-order chi connectivity index (χ1) is 9.01. The molecule has 2 N–H and O–H groups in total. The lowest BCUT2D eigenvalue weighted by molar-refractivity contribution is 0.249. The minimum absolute atomic E-state index is 0.0720. The molecule has 108 valence electrons. The summed E-state index contributed by atoms with van der Waals surface area (Å²) < 4.78 is 13.5. The summed E-state index contributed by atoms with van der Waals surface area (Å²) in [7, 11) is 0. The van der Waals surface area contributed by atoms with Gasteiger partial charge in [-0.3, -0.25) is 0 Å². The van der Waals surface area contributed by atoms with E-state index in [0.29, 0.717) is 16.5 Å². The molecule has 1 rings (SSSR count). The second kappa shape index (κ2) is 8.05. The molecule has 1 aromatic rings. The summed E-state index contributed by atoms with van der Waals surface area (Å²) in [5.41, 5.74) is 0.585. The summed E-state index contributed by atoms with van der Waals surface area (Å²) in [6.07, 6.45) is 1.73. The maximum Gasteiger partial charge on any atom is 0.142 e. The summed E-state index contributed by atoms with van der Waals surface area (Å²) in [6, 6.07) is 2.64. The number of aliphatic hydroxyl groups excluding tert-OH is 1. The van der Waals surface area contributed by atoms with Crippen LogP contribution >= 0.6 is 23.2 Å². The van der Waals surface area contributed by atoms with E-state index in [0.717, 1.165) is 19.4 Å². The maximum absolute atomic E-state index is 13.5. The topological polar surface area (TPSA) is 32.3 Å². The number of hydrogen-bond acceptors (Lipinski definition) is 2. The van der Waals surface area contributed by atoms with Crippen molar-refractivity contribution in [3.8, 4) is 0 Å². The Kier molecular flexibility index (Phi) is 7.08. The van der Waals surface area contributed by atoms with Crippen LogP contribution in [0, 0.1) is 11.7 Å². The summed E-state index contributed by atoms with van der Waals surface area (Å²) in [4.78, 5) is 0. The van der Waals surface area contributed by atoms with Crippen molar-refractivity contribution in [2.75, 3.05) is 13.2 Å². The monoisotopic (exact) mass is 307 g/mol. The van der Waals surface area contributed by atoms with Crippen LogP contribution in [0.2, 0.25) is 10.0 Å². The molecular formula is C14H20Cl2FNO. The predicted octanol–water partition coefficient (Wildman–Crippen LogP) is 4.19. The molecule has 0 aliphatic rings. The van der Waals surface area contributed by atoms with E-state index in [4.69, 9.17) is 28.3 Å².